The van der Waals surface area contributed by atoms with Crippen molar-refractivity contribution in [2.75, 3.05) is 12.4 Å². The highest BCUT2D eigenvalue weighted by Gasteiger charge is 2.52. The van der Waals surface area contributed by atoms with Gasteiger partial charge in [0.15, 0.2) is 0 Å². The molecule has 104 valence electrons. The van der Waals surface area contributed by atoms with E-state index in [-0.39, 0.29) is 35.5 Å². The van der Waals surface area contributed by atoms with E-state index in [4.69, 9.17) is 4.74 Å². The summed E-state index contributed by atoms with van der Waals surface area (Å²) in [6.45, 7) is 0. The maximum absolute atomic E-state index is 12.5. The minimum Gasteiger partial charge on any atom is -0.469 e. The van der Waals surface area contributed by atoms with Crippen molar-refractivity contribution in [3.8, 4) is 0 Å². The number of methoxy groups -OCH3 is 1. The fourth-order valence-electron chi connectivity index (χ4n) is 3.38. The van der Waals surface area contributed by atoms with E-state index in [2.05, 4.69) is 11.4 Å². The molecule has 1 aromatic carbocycles. The van der Waals surface area contributed by atoms with E-state index >= 15 is 0 Å². The summed E-state index contributed by atoms with van der Waals surface area (Å²) >= 11 is 0. The Labute approximate surface area is 117 Å². The summed E-state index contributed by atoms with van der Waals surface area (Å²) in [5.41, 5.74) is 0.757. The second kappa shape index (κ2) is 5.12. The molecule has 1 N–H and O–H groups in total. The Morgan fingerprint density at radius 1 is 1.10 bits per heavy atom. The van der Waals surface area contributed by atoms with E-state index < -0.39 is 0 Å². The predicted octanol–water partition coefficient (Wildman–Crippen LogP) is 2.24. The molecule has 0 spiro atoms. The third-order valence-electron chi connectivity index (χ3n) is 4.28. The van der Waals surface area contributed by atoms with Crippen molar-refractivity contribution < 1.29 is 14.3 Å². The molecule has 2 bridgehead atoms. The van der Waals surface area contributed by atoms with Crippen LogP contribution in [0.25, 0.3) is 0 Å². The van der Waals surface area contributed by atoms with Crippen LogP contribution in [0.4, 0.5) is 5.69 Å². The van der Waals surface area contributed by atoms with Crippen molar-refractivity contribution in [1.29, 1.82) is 0 Å². The minimum atomic E-state index is -0.348. The predicted molar refractivity (Wildman–Crippen MR) is 74.8 cm³/mol. The molecule has 0 heterocycles. The van der Waals surface area contributed by atoms with Crippen molar-refractivity contribution in [3.05, 3.63) is 42.5 Å². The van der Waals surface area contributed by atoms with E-state index in [1.807, 2.05) is 36.4 Å². The summed E-state index contributed by atoms with van der Waals surface area (Å²) in [5.74, 6) is -0.762. The number of hydrogen-bond acceptors (Lipinski definition) is 3. The van der Waals surface area contributed by atoms with E-state index in [1.54, 1.807) is 0 Å². The number of fused-ring (bicyclic) bond motifs is 2. The number of anilines is 1. The second-order valence-electron chi connectivity index (χ2n) is 5.38. The molecule has 20 heavy (non-hydrogen) atoms. The largest absolute Gasteiger partial charge is 0.469 e. The van der Waals surface area contributed by atoms with Crippen molar-refractivity contribution in [3.63, 3.8) is 0 Å². The Balaban J connectivity index is 1.79. The number of benzene rings is 1. The zero-order valence-electron chi connectivity index (χ0n) is 11.3. The summed E-state index contributed by atoms with van der Waals surface area (Å²) in [5, 5.41) is 2.90. The molecule has 1 fully saturated rings. The number of carbonyl (C=O) groups is 2. The quantitative estimate of drug-likeness (QED) is 0.677. The lowest BCUT2D eigenvalue weighted by Gasteiger charge is -2.25. The van der Waals surface area contributed by atoms with Gasteiger partial charge in [-0.3, -0.25) is 9.59 Å². The van der Waals surface area contributed by atoms with Crippen LogP contribution in [0.1, 0.15) is 6.42 Å². The van der Waals surface area contributed by atoms with Gasteiger partial charge in [0.1, 0.15) is 0 Å². The number of ether oxygens (including phenoxy) is 1. The van der Waals surface area contributed by atoms with Gasteiger partial charge in [0, 0.05) is 5.69 Å². The SMILES string of the molecule is COC(=O)[C@H]1[C@@H](C(=O)Nc2ccccc2)[C@H]2C=C[C@@H]1C2. The van der Waals surface area contributed by atoms with Crippen LogP contribution in [0.15, 0.2) is 42.5 Å². The normalized spacial score (nSPS) is 30.2. The Hall–Kier alpha value is -2.10. The summed E-state index contributed by atoms with van der Waals surface area (Å²) in [7, 11) is 1.38. The van der Waals surface area contributed by atoms with Crippen LogP contribution < -0.4 is 5.32 Å². The van der Waals surface area contributed by atoms with E-state index in [9.17, 15) is 9.59 Å². The molecule has 1 amide bonds. The molecule has 0 radical (unpaired) electrons. The molecule has 4 heteroatoms. The zero-order chi connectivity index (χ0) is 14.1. The first-order chi connectivity index (χ1) is 9.70. The molecule has 0 saturated heterocycles. The zero-order valence-corrected chi connectivity index (χ0v) is 11.3. The van der Waals surface area contributed by atoms with Gasteiger partial charge in [0.2, 0.25) is 5.91 Å². The van der Waals surface area contributed by atoms with E-state index in [1.165, 1.54) is 7.11 Å². The molecular formula is C16H17NO3. The third kappa shape index (κ3) is 2.11. The highest BCUT2D eigenvalue weighted by Crippen LogP contribution is 2.48. The second-order valence-corrected chi connectivity index (χ2v) is 5.38. The average Bonchev–Trinajstić information content (AvgIpc) is 3.08. The number of amides is 1. The van der Waals surface area contributed by atoms with Gasteiger partial charge in [0.25, 0.3) is 0 Å². The molecule has 1 saturated carbocycles. The Morgan fingerprint density at radius 2 is 1.75 bits per heavy atom. The van der Waals surface area contributed by atoms with Crippen molar-refractivity contribution in [2.24, 2.45) is 23.7 Å². The number of hydrogen-bond donors (Lipinski definition) is 1. The first-order valence-corrected chi connectivity index (χ1v) is 6.83. The number of esters is 1. The highest BCUT2D eigenvalue weighted by molar-refractivity contribution is 5.96. The first-order valence-electron chi connectivity index (χ1n) is 6.83. The molecule has 2 aliphatic carbocycles. The molecule has 3 rings (SSSR count). The van der Waals surface area contributed by atoms with Crippen LogP contribution in [0, 0.1) is 23.7 Å². The maximum Gasteiger partial charge on any atom is 0.310 e. The number of nitrogens with one attached hydrogen (secondary N) is 1. The summed E-state index contributed by atoms with van der Waals surface area (Å²) in [6.07, 6.45) is 4.96. The number of allylic oxidation sites excluding steroid dienone is 2. The van der Waals surface area contributed by atoms with Gasteiger partial charge < -0.3 is 10.1 Å². The maximum atomic E-state index is 12.5. The van der Waals surface area contributed by atoms with Crippen LogP contribution in [-0.2, 0) is 14.3 Å². The highest BCUT2D eigenvalue weighted by atomic mass is 16.5. The molecule has 0 aromatic heterocycles. The van der Waals surface area contributed by atoms with Gasteiger partial charge in [-0.2, -0.15) is 0 Å². The molecular weight excluding hydrogens is 254 g/mol. The fourth-order valence-corrected chi connectivity index (χ4v) is 3.38. The average molecular weight is 271 g/mol. The smallest absolute Gasteiger partial charge is 0.310 e. The fraction of sp³-hybridized carbons (Fsp3) is 0.375. The van der Waals surface area contributed by atoms with Crippen LogP contribution in [0.5, 0.6) is 0 Å². The standard InChI is InChI=1S/C16H17NO3/c1-20-16(19)14-11-8-7-10(9-11)13(14)15(18)17-12-5-3-2-4-6-12/h2-8,10-11,13-14H,9H2,1H3,(H,17,18)/t10-,11+,13-,14+/m0/s1. The molecule has 0 aliphatic heterocycles. The van der Waals surface area contributed by atoms with Gasteiger partial charge in [0.05, 0.1) is 18.9 Å². The lowest BCUT2D eigenvalue weighted by molar-refractivity contribution is -0.150. The number of carbonyl (C=O) groups excluding carboxylic acids is 2. The van der Waals surface area contributed by atoms with Gasteiger partial charge in [-0.15, -0.1) is 0 Å². The summed E-state index contributed by atoms with van der Waals surface area (Å²) < 4.78 is 4.86. The molecule has 1 aromatic rings. The summed E-state index contributed by atoms with van der Waals surface area (Å²) in [4.78, 5) is 24.4. The first kappa shape index (κ1) is 12.9. The monoisotopic (exact) mass is 271 g/mol. The Bertz CT molecular complexity index is 552. The third-order valence-corrected chi connectivity index (χ3v) is 4.28. The van der Waals surface area contributed by atoms with Crippen molar-refractivity contribution in [1.82, 2.24) is 0 Å². The molecule has 4 atom stereocenters. The summed E-state index contributed by atoms with van der Waals surface area (Å²) in [6, 6.07) is 9.32. The van der Waals surface area contributed by atoms with Gasteiger partial charge in [-0.25, -0.2) is 0 Å². The Kier molecular flexibility index (Phi) is 3.30. The number of para-hydroxylation sites is 1. The van der Waals surface area contributed by atoms with Crippen LogP contribution in [0.2, 0.25) is 0 Å². The number of rotatable bonds is 3. The van der Waals surface area contributed by atoms with Crippen LogP contribution >= 0.6 is 0 Å². The topological polar surface area (TPSA) is 55.4 Å². The van der Waals surface area contributed by atoms with Gasteiger partial charge in [-0.05, 0) is 30.4 Å². The molecule has 4 nitrogen and oxygen atoms in total. The lowest BCUT2D eigenvalue weighted by Crippen LogP contribution is -2.37. The van der Waals surface area contributed by atoms with Gasteiger partial charge in [-0.1, -0.05) is 30.4 Å². The van der Waals surface area contributed by atoms with Crippen molar-refractivity contribution >= 4 is 17.6 Å². The minimum absolute atomic E-state index is 0.0940. The van der Waals surface area contributed by atoms with E-state index in [0.717, 1.165) is 12.1 Å². The lowest BCUT2D eigenvalue weighted by atomic mass is 9.82. The Morgan fingerprint density at radius 3 is 2.40 bits per heavy atom. The van der Waals surface area contributed by atoms with Crippen molar-refractivity contribution in [2.45, 2.75) is 6.42 Å². The molecule has 0 unspecified atom stereocenters. The van der Waals surface area contributed by atoms with Gasteiger partial charge >= 0.3 is 5.97 Å². The molecule has 2 aliphatic rings. The van der Waals surface area contributed by atoms with Crippen LogP contribution in [-0.4, -0.2) is 19.0 Å². The van der Waals surface area contributed by atoms with Crippen LogP contribution in [0.3, 0.4) is 0 Å². The van der Waals surface area contributed by atoms with E-state index in [0.29, 0.717) is 0 Å².